The van der Waals surface area contributed by atoms with Crippen molar-refractivity contribution < 1.29 is 10.3 Å². The largest absolute Gasteiger partial charge is 0.412 e. The van der Waals surface area contributed by atoms with Gasteiger partial charge in [0.05, 0.1) is 10.0 Å². The lowest BCUT2D eigenvalue weighted by atomic mass is 9.86. The molecule has 2 atom stereocenters. The lowest BCUT2D eigenvalue weighted by Gasteiger charge is -2.32. The summed E-state index contributed by atoms with van der Waals surface area (Å²) in [6.45, 7) is 4.44. The van der Waals surface area contributed by atoms with Crippen LogP contribution in [-0.4, -0.2) is 48.4 Å². The van der Waals surface area contributed by atoms with Gasteiger partial charge in [0.15, 0.2) is 0 Å². The number of piperidine rings is 1. The zero-order valence-electron chi connectivity index (χ0n) is 14.3. The van der Waals surface area contributed by atoms with Gasteiger partial charge in [-0.1, -0.05) is 29.3 Å². The summed E-state index contributed by atoms with van der Waals surface area (Å²) in [5.74, 6) is 0.495. The Hall–Kier alpha value is -0.360. The van der Waals surface area contributed by atoms with Crippen molar-refractivity contribution in [2.75, 3.05) is 26.2 Å². The van der Waals surface area contributed by atoms with Gasteiger partial charge in [-0.15, -0.1) is 12.4 Å². The van der Waals surface area contributed by atoms with Gasteiger partial charge >= 0.3 is 0 Å². The van der Waals surface area contributed by atoms with E-state index >= 15 is 0 Å². The average Bonchev–Trinajstić information content (AvgIpc) is 3.04. The third-order valence-corrected chi connectivity index (χ3v) is 5.73. The number of carbonyl (C=O) groups is 1. The Morgan fingerprint density at radius 1 is 1.20 bits per heavy atom. The van der Waals surface area contributed by atoms with Crippen LogP contribution >= 0.6 is 35.6 Å². The van der Waals surface area contributed by atoms with Crippen LogP contribution in [-0.2, 0) is 11.2 Å². The quantitative estimate of drug-likeness (QED) is 0.812. The summed E-state index contributed by atoms with van der Waals surface area (Å²) in [5.41, 5.74) is 0.957. The van der Waals surface area contributed by atoms with Gasteiger partial charge in [-0.25, -0.2) is 0 Å². The maximum absolute atomic E-state index is 12.6. The average molecular weight is 410 g/mol. The molecule has 2 fully saturated rings. The van der Waals surface area contributed by atoms with Crippen molar-refractivity contribution in [3.8, 4) is 0 Å². The Kier molecular flexibility index (Phi) is 9.71. The van der Waals surface area contributed by atoms with E-state index in [1.54, 1.807) is 6.07 Å². The predicted octanol–water partition coefficient (Wildman–Crippen LogP) is 3.17. The number of carbonyl (C=O) groups excluding carboxylic acids is 1. The van der Waals surface area contributed by atoms with Crippen LogP contribution in [0.5, 0.6) is 0 Å². The van der Waals surface area contributed by atoms with Gasteiger partial charge in [0.1, 0.15) is 5.78 Å². The molecule has 3 N–H and O–H groups in total. The molecule has 0 amide bonds. The fourth-order valence-corrected chi connectivity index (χ4v) is 4.03. The molecule has 1 aromatic carbocycles. The minimum absolute atomic E-state index is 0. The van der Waals surface area contributed by atoms with Crippen LogP contribution in [0.2, 0.25) is 10.0 Å². The monoisotopic (exact) mass is 408 g/mol. The third kappa shape index (κ3) is 6.38. The van der Waals surface area contributed by atoms with Gasteiger partial charge in [-0.2, -0.15) is 0 Å². The molecule has 25 heavy (non-hydrogen) atoms. The minimum atomic E-state index is 0. The van der Waals surface area contributed by atoms with E-state index in [9.17, 15) is 4.79 Å². The van der Waals surface area contributed by atoms with Crippen LogP contribution in [0.4, 0.5) is 0 Å². The molecule has 0 aromatic heterocycles. The maximum atomic E-state index is 12.6. The van der Waals surface area contributed by atoms with Crippen molar-refractivity contribution in [2.45, 2.75) is 38.1 Å². The molecular formula is C18H27Cl3N2O2. The summed E-state index contributed by atoms with van der Waals surface area (Å²) in [5, 5.41) is 4.64. The van der Waals surface area contributed by atoms with Crippen LogP contribution in [0.3, 0.4) is 0 Å². The summed E-state index contributed by atoms with van der Waals surface area (Å²) >= 11 is 12.0. The lowest BCUT2D eigenvalue weighted by molar-refractivity contribution is -0.123. The summed E-state index contributed by atoms with van der Waals surface area (Å²) in [6.07, 6.45) is 4.98. The highest BCUT2D eigenvalue weighted by atomic mass is 35.5. The predicted molar refractivity (Wildman–Crippen MR) is 106 cm³/mol. The second-order valence-electron chi connectivity index (χ2n) is 6.77. The number of ketones is 1. The Morgan fingerprint density at radius 3 is 2.60 bits per heavy atom. The van der Waals surface area contributed by atoms with Crippen molar-refractivity contribution in [1.82, 2.24) is 10.2 Å². The van der Waals surface area contributed by atoms with Crippen molar-refractivity contribution in [3.05, 3.63) is 33.8 Å². The second-order valence-corrected chi connectivity index (χ2v) is 7.59. The van der Waals surface area contributed by atoms with Crippen molar-refractivity contribution in [3.63, 3.8) is 0 Å². The number of Topliss-reactive ketones (excluding diaryl/α,β-unsaturated/α-hetero) is 1. The number of hydrogen-bond acceptors (Lipinski definition) is 3. The molecular weight excluding hydrogens is 383 g/mol. The first-order valence-corrected chi connectivity index (χ1v) is 9.30. The third-order valence-electron chi connectivity index (χ3n) is 4.99. The molecule has 0 spiro atoms. The molecule has 0 bridgehead atoms. The number of halogens is 3. The van der Waals surface area contributed by atoms with Gasteiger partial charge in [-0.05, 0) is 63.0 Å². The van der Waals surface area contributed by atoms with E-state index in [0.29, 0.717) is 28.3 Å². The van der Waals surface area contributed by atoms with Crippen molar-refractivity contribution >= 4 is 41.4 Å². The highest BCUT2D eigenvalue weighted by Gasteiger charge is 2.28. The smallest absolute Gasteiger partial charge is 0.140 e. The van der Waals surface area contributed by atoms with E-state index in [1.807, 2.05) is 12.1 Å². The normalized spacial score (nSPS) is 23.6. The SMILES string of the molecule is Cl.O.O=C(Cc1ccc(Cl)c(Cl)c1)C1CCNC(CN2CCCC2)C1. The standard InChI is InChI=1S/C18H24Cl2N2O.ClH.H2O/c19-16-4-3-13(9-17(16)20)10-18(23)14-5-6-21-15(11-14)12-22-7-1-2-8-22;;/h3-4,9,14-15,21H,1-2,5-8,10-12H2;1H;1H2. The summed E-state index contributed by atoms with van der Waals surface area (Å²) in [7, 11) is 0. The van der Waals surface area contributed by atoms with Crippen LogP contribution in [0.25, 0.3) is 0 Å². The first-order valence-electron chi connectivity index (χ1n) is 8.54. The van der Waals surface area contributed by atoms with E-state index in [4.69, 9.17) is 23.2 Å². The molecule has 1 aromatic rings. The van der Waals surface area contributed by atoms with E-state index in [-0.39, 0.29) is 23.8 Å². The summed E-state index contributed by atoms with van der Waals surface area (Å²) in [4.78, 5) is 15.1. The zero-order valence-corrected chi connectivity index (χ0v) is 16.6. The molecule has 142 valence electrons. The minimum Gasteiger partial charge on any atom is -0.412 e. The molecule has 2 aliphatic rings. The summed E-state index contributed by atoms with van der Waals surface area (Å²) < 4.78 is 0. The van der Waals surface area contributed by atoms with Crippen LogP contribution in [0.1, 0.15) is 31.2 Å². The van der Waals surface area contributed by atoms with Crippen LogP contribution in [0.15, 0.2) is 18.2 Å². The number of nitrogens with one attached hydrogen (secondary N) is 1. The van der Waals surface area contributed by atoms with Crippen molar-refractivity contribution in [1.29, 1.82) is 0 Å². The van der Waals surface area contributed by atoms with Crippen molar-refractivity contribution in [2.24, 2.45) is 5.92 Å². The molecule has 2 saturated heterocycles. The molecule has 0 saturated carbocycles. The fraction of sp³-hybridized carbons (Fsp3) is 0.611. The Bertz CT molecular complexity index is 565. The Labute approximate surface area is 166 Å². The molecule has 2 heterocycles. The Morgan fingerprint density at radius 2 is 1.92 bits per heavy atom. The topological polar surface area (TPSA) is 63.8 Å². The number of benzene rings is 1. The Balaban J connectivity index is 0.00000156. The van der Waals surface area contributed by atoms with Crippen LogP contribution < -0.4 is 5.32 Å². The van der Waals surface area contributed by atoms with Gasteiger partial charge < -0.3 is 15.7 Å². The van der Waals surface area contributed by atoms with E-state index in [2.05, 4.69) is 10.2 Å². The molecule has 2 aliphatic heterocycles. The fourth-order valence-electron chi connectivity index (χ4n) is 3.71. The second kappa shape index (κ2) is 10.7. The van der Waals surface area contributed by atoms with Gasteiger partial charge in [-0.3, -0.25) is 4.79 Å². The van der Waals surface area contributed by atoms with E-state index in [1.165, 1.54) is 25.9 Å². The van der Waals surface area contributed by atoms with Gasteiger partial charge in [0.2, 0.25) is 0 Å². The number of likely N-dealkylation sites (tertiary alicyclic amines) is 1. The first kappa shape index (κ1) is 22.7. The number of rotatable bonds is 5. The molecule has 2 unspecified atom stereocenters. The molecule has 0 radical (unpaired) electrons. The van der Waals surface area contributed by atoms with E-state index in [0.717, 1.165) is 31.5 Å². The van der Waals surface area contributed by atoms with E-state index < -0.39 is 0 Å². The highest BCUT2D eigenvalue weighted by molar-refractivity contribution is 6.42. The maximum Gasteiger partial charge on any atom is 0.140 e. The molecule has 4 nitrogen and oxygen atoms in total. The molecule has 3 rings (SSSR count). The van der Waals surface area contributed by atoms with Gasteiger partial charge in [0, 0.05) is 24.9 Å². The highest BCUT2D eigenvalue weighted by Crippen LogP contribution is 2.25. The summed E-state index contributed by atoms with van der Waals surface area (Å²) in [6, 6.07) is 5.93. The number of nitrogens with zero attached hydrogens (tertiary/aromatic N) is 1. The van der Waals surface area contributed by atoms with Crippen LogP contribution in [0, 0.1) is 5.92 Å². The van der Waals surface area contributed by atoms with Gasteiger partial charge in [0.25, 0.3) is 0 Å². The molecule has 0 aliphatic carbocycles. The zero-order chi connectivity index (χ0) is 16.2. The number of hydrogen-bond donors (Lipinski definition) is 1. The molecule has 7 heteroatoms. The first-order chi connectivity index (χ1) is 11.1. The lowest BCUT2D eigenvalue weighted by Crippen LogP contribution is -2.46.